The van der Waals surface area contributed by atoms with Crippen LogP contribution in [0.2, 0.25) is 0 Å². The van der Waals surface area contributed by atoms with Crippen molar-refractivity contribution in [2.45, 2.75) is 24.5 Å². The van der Waals surface area contributed by atoms with Crippen molar-refractivity contribution in [2.75, 3.05) is 26.0 Å². The van der Waals surface area contributed by atoms with Gasteiger partial charge in [0.2, 0.25) is 5.91 Å². The first kappa shape index (κ1) is 20.6. The zero-order chi connectivity index (χ0) is 19.8. The Labute approximate surface area is 171 Å². The number of aromatic nitrogens is 2. The Bertz CT molecular complexity index is 970. The molecule has 8 heteroatoms. The molecule has 1 amide bonds. The number of thiophene rings is 1. The van der Waals surface area contributed by atoms with Gasteiger partial charge in [-0.05, 0) is 36.4 Å². The third-order valence-corrected chi connectivity index (χ3v) is 6.08. The fourth-order valence-corrected chi connectivity index (χ4v) is 4.35. The summed E-state index contributed by atoms with van der Waals surface area (Å²) < 4.78 is 6.74. The molecule has 3 aromatic rings. The first-order valence-electron chi connectivity index (χ1n) is 9.09. The van der Waals surface area contributed by atoms with Gasteiger partial charge in [-0.25, -0.2) is 4.98 Å². The van der Waals surface area contributed by atoms with Crippen LogP contribution in [0.15, 0.2) is 51.7 Å². The summed E-state index contributed by atoms with van der Waals surface area (Å²) in [6, 6.07) is 11.4. The highest BCUT2D eigenvalue weighted by Gasteiger charge is 2.13. The second kappa shape index (κ2) is 10.4. The molecule has 0 saturated heterocycles. The van der Waals surface area contributed by atoms with Gasteiger partial charge in [0, 0.05) is 31.7 Å². The molecule has 3 rings (SSSR count). The molecule has 2 heterocycles. The molecule has 0 atom stereocenters. The second-order valence-corrected chi connectivity index (χ2v) is 8.16. The van der Waals surface area contributed by atoms with E-state index in [0.29, 0.717) is 42.2 Å². The fraction of sp³-hybridized carbons (Fsp3) is 0.350. The molecule has 148 valence electrons. The monoisotopic (exact) mass is 417 g/mol. The lowest BCUT2D eigenvalue weighted by atomic mass is 10.2. The second-order valence-electron chi connectivity index (χ2n) is 6.18. The van der Waals surface area contributed by atoms with Crippen LogP contribution in [0.4, 0.5) is 0 Å². The maximum absolute atomic E-state index is 12.9. The molecule has 0 aliphatic heterocycles. The van der Waals surface area contributed by atoms with E-state index in [1.807, 2.05) is 29.6 Å². The molecule has 0 unspecified atom stereocenters. The first-order chi connectivity index (χ1) is 13.7. The van der Waals surface area contributed by atoms with E-state index in [0.717, 1.165) is 6.42 Å². The van der Waals surface area contributed by atoms with E-state index in [1.54, 1.807) is 29.1 Å². The lowest BCUT2D eigenvalue weighted by Gasteiger charge is -2.13. The third kappa shape index (κ3) is 5.43. The smallest absolute Gasteiger partial charge is 0.262 e. The Morgan fingerprint density at radius 1 is 1.29 bits per heavy atom. The van der Waals surface area contributed by atoms with Crippen molar-refractivity contribution in [1.82, 2.24) is 14.9 Å². The quantitative estimate of drug-likeness (QED) is 0.312. The molecule has 0 fully saturated rings. The average Bonchev–Trinajstić information content (AvgIpc) is 3.22. The number of hydrogen-bond acceptors (Lipinski definition) is 6. The van der Waals surface area contributed by atoms with Gasteiger partial charge in [0.15, 0.2) is 5.16 Å². The summed E-state index contributed by atoms with van der Waals surface area (Å²) in [5, 5.41) is 6.11. The summed E-state index contributed by atoms with van der Waals surface area (Å²) in [5.41, 5.74) is 0.568. The molecule has 0 radical (unpaired) electrons. The molecule has 0 bridgehead atoms. The van der Waals surface area contributed by atoms with Crippen LogP contribution in [-0.2, 0) is 22.5 Å². The minimum Gasteiger partial charge on any atom is -0.385 e. The number of carbonyl (C=O) groups is 1. The Morgan fingerprint density at radius 2 is 2.14 bits per heavy atom. The van der Waals surface area contributed by atoms with Crippen molar-refractivity contribution in [3.63, 3.8) is 0 Å². The summed E-state index contributed by atoms with van der Waals surface area (Å²) in [6.07, 6.45) is 1.53. The van der Waals surface area contributed by atoms with Crippen LogP contribution in [0.25, 0.3) is 10.9 Å². The van der Waals surface area contributed by atoms with Gasteiger partial charge in [-0.15, -0.1) is 11.3 Å². The Balaban J connectivity index is 1.67. The minimum absolute atomic E-state index is 0.0626. The van der Waals surface area contributed by atoms with E-state index >= 15 is 0 Å². The van der Waals surface area contributed by atoms with E-state index in [4.69, 9.17) is 4.74 Å². The van der Waals surface area contributed by atoms with Gasteiger partial charge in [0.1, 0.15) is 0 Å². The van der Waals surface area contributed by atoms with Crippen molar-refractivity contribution >= 4 is 39.9 Å². The maximum Gasteiger partial charge on any atom is 0.262 e. The van der Waals surface area contributed by atoms with Gasteiger partial charge in [0.25, 0.3) is 5.56 Å². The molecule has 1 N–H and O–H groups in total. The van der Waals surface area contributed by atoms with Gasteiger partial charge in [-0.1, -0.05) is 30.0 Å². The van der Waals surface area contributed by atoms with Gasteiger partial charge in [-0.2, -0.15) is 0 Å². The molecular weight excluding hydrogens is 394 g/mol. The number of benzene rings is 1. The summed E-state index contributed by atoms with van der Waals surface area (Å²) in [7, 11) is 1.64. The minimum atomic E-state index is -0.0812. The lowest BCUT2D eigenvalue weighted by molar-refractivity contribution is -0.118. The molecule has 0 aliphatic rings. The number of hydrogen-bond donors (Lipinski definition) is 1. The highest BCUT2D eigenvalue weighted by Crippen LogP contribution is 2.18. The van der Waals surface area contributed by atoms with Crippen LogP contribution in [-0.4, -0.2) is 41.5 Å². The number of amides is 1. The topological polar surface area (TPSA) is 73.2 Å². The third-order valence-electron chi connectivity index (χ3n) is 4.16. The van der Waals surface area contributed by atoms with E-state index in [1.165, 1.54) is 16.6 Å². The van der Waals surface area contributed by atoms with Crippen LogP contribution in [0.3, 0.4) is 0 Å². The van der Waals surface area contributed by atoms with Crippen LogP contribution in [0, 0.1) is 0 Å². The lowest BCUT2D eigenvalue weighted by Crippen LogP contribution is -2.28. The summed E-state index contributed by atoms with van der Waals surface area (Å²) in [4.78, 5) is 30.9. The van der Waals surface area contributed by atoms with Crippen LogP contribution >= 0.6 is 23.1 Å². The van der Waals surface area contributed by atoms with Crippen molar-refractivity contribution in [1.29, 1.82) is 0 Å². The number of methoxy groups -OCH3 is 1. The standard InChI is InChI=1S/C20H23N3O3S2/c1-26-12-5-11-23-19(25)16-7-2-3-8-17(16)22-20(23)28-14-18(24)21-10-9-15-6-4-13-27-15/h2-4,6-8,13H,5,9-12,14H2,1H3,(H,21,24). The number of carbonyl (C=O) groups excluding carboxylic acids is 1. The molecular formula is C20H23N3O3S2. The van der Waals surface area contributed by atoms with E-state index in [2.05, 4.69) is 16.4 Å². The number of thioether (sulfide) groups is 1. The Hall–Kier alpha value is -2.16. The normalized spacial score (nSPS) is 11.0. The number of ether oxygens (including phenoxy) is 1. The van der Waals surface area contributed by atoms with E-state index in [-0.39, 0.29) is 17.2 Å². The SMILES string of the molecule is COCCCn1c(SCC(=O)NCCc2cccs2)nc2ccccc2c1=O. The van der Waals surface area contributed by atoms with E-state index < -0.39 is 0 Å². The summed E-state index contributed by atoms with van der Waals surface area (Å²) in [5.74, 6) is 0.159. The van der Waals surface area contributed by atoms with Crippen molar-refractivity contribution in [3.8, 4) is 0 Å². The van der Waals surface area contributed by atoms with Crippen LogP contribution in [0.1, 0.15) is 11.3 Å². The largest absolute Gasteiger partial charge is 0.385 e. The zero-order valence-electron chi connectivity index (χ0n) is 15.7. The number of rotatable bonds is 10. The molecule has 1 aromatic carbocycles. The number of fused-ring (bicyclic) bond motifs is 1. The molecule has 6 nitrogen and oxygen atoms in total. The number of nitrogens with one attached hydrogen (secondary N) is 1. The van der Waals surface area contributed by atoms with Crippen molar-refractivity contribution in [2.24, 2.45) is 0 Å². The van der Waals surface area contributed by atoms with E-state index in [9.17, 15) is 9.59 Å². The average molecular weight is 418 g/mol. The van der Waals surface area contributed by atoms with Crippen LogP contribution in [0.5, 0.6) is 0 Å². The maximum atomic E-state index is 12.9. The zero-order valence-corrected chi connectivity index (χ0v) is 17.4. The summed E-state index contributed by atoms with van der Waals surface area (Å²) >= 11 is 2.98. The number of para-hydroxylation sites is 1. The molecule has 2 aromatic heterocycles. The molecule has 0 spiro atoms. The van der Waals surface area contributed by atoms with Crippen molar-refractivity contribution < 1.29 is 9.53 Å². The Kier molecular flexibility index (Phi) is 7.64. The first-order valence-corrected chi connectivity index (χ1v) is 11.0. The van der Waals surface area contributed by atoms with Gasteiger partial charge in [0.05, 0.1) is 16.7 Å². The molecule has 28 heavy (non-hydrogen) atoms. The van der Waals surface area contributed by atoms with Crippen molar-refractivity contribution in [3.05, 3.63) is 57.0 Å². The Morgan fingerprint density at radius 3 is 2.93 bits per heavy atom. The molecule has 0 aliphatic carbocycles. The van der Waals surface area contributed by atoms with Gasteiger partial charge >= 0.3 is 0 Å². The van der Waals surface area contributed by atoms with Gasteiger partial charge in [-0.3, -0.25) is 14.2 Å². The van der Waals surface area contributed by atoms with Gasteiger partial charge < -0.3 is 10.1 Å². The summed E-state index contributed by atoms with van der Waals surface area (Å²) in [6.45, 7) is 1.67. The fourth-order valence-electron chi connectivity index (χ4n) is 2.78. The highest BCUT2D eigenvalue weighted by molar-refractivity contribution is 7.99. The highest BCUT2D eigenvalue weighted by atomic mass is 32.2. The molecule has 0 saturated carbocycles. The number of nitrogens with zero attached hydrogens (tertiary/aromatic N) is 2. The predicted molar refractivity (Wildman–Crippen MR) is 114 cm³/mol. The van der Waals surface area contributed by atoms with Crippen LogP contribution < -0.4 is 10.9 Å². The predicted octanol–water partition coefficient (Wildman–Crippen LogP) is 2.95.